The molecule has 2 N–H and O–H groups in total. The molecule has 1 amide bonds. The topological polar surface area (TPSA) is 88.4 Å². The fraction of sp³-hybridized carbons (Fsp3) is 0.303. The van der Waals surface area contributed by atoms with Gasteiger partial charge in [-0.15, -0.1) is 0 Å². The summed E-state index contributed by atoms with van der Waals surface area (Å²) in [5, 5.41) is 12.4. The summed E-state index contributed by atoms with van der Waals surface area (Å²) < 4.78 is 42.4. The van der Waals surface area contributed by atoms with Crippen molar-refractivity contribution in [2.45, 2.75) is 45.7 Å². The number of aromatic nitrogens is 1. The lowest BCUT2D eigenvalue weighted by molar-refractivity contribution is -0.138. The van der Waals surface area contributed by atoms with Gasteiger partial charge in [0.15, 0.2) is 5.78 Å². The number of hydrogen-bond donors (Lipinski definition) is 2. The third kappa shape index (κ3) is 8.04. The van der Waals surface area contributed by atoms with Crippen LogP contribution in [0.15, 0.2) is 72.8 Å². The Morgan fingerprint density at radius 1 is 0.953 bits per heavy atom. The molecule has 4 rings (SSSR count). The predicted molar refractivity (Wildman–Crippen MR) is 160 cm³/mol. The standard InChI is InChI=1S/C33H32ClF3N2O4/c1-20(2)6-9-23(16-21-7-10-22(11-8-21)32(43)38-15-14-30(40)41)31(42)29-18-24-17-26(34)12-13-28(24)39(29)27-5-3-4-25(19-27)33(35,36)37/h3-5,7-8,10-13,17-20,23H,6,9,14-16H2,1-2H3,(H,38,43)(H,40,41)/t23-/m0/s1. The van der Waals surface area contributed by atoms with E-state index in [1.54, 1.807) is 59.2 Å². The van der Waals surface area contributed by atoms with Gasteiger partial charge in [0, 0.05) is 34.1 Å². The number of carbonyl (C=O) groups is 3. The lowest BCUT2D eigenvalue weighted by atomic mass is 9.87. The second kappa shape index (κ2) is 13.5. The number of hydrogen-bond acceptors (Lipinski definition) is 3. The molecule has 6 nitrogen and oxygen atoms in total. The number of aliphatic carboxylic acids is 1. The average molecular weight is 613 g/mol. The first-order chi connectivity index (χ1) is 20.3. The summed E-state index contributed by atoms with van der Waals surface area (Å²) >= 11 is 6.22. The number of ketones is 1. The average Bonchev–Trinajstić information content (AvgIpc) is 3.33. The highest BCUT2D eigenvalue weighted by atomic mass is 35.5. The van der Waals surface area contributed by atoms with Crippen molar-refractivity contribution >= 4 is 40.2 Å². The number of amides is 1. The van der Waals surface area contributed by atoms with Gasteiger partial charge in [0.1, 0.15) is 0 Å². The zero-order valence-corrected chi connectivity index (χ0v) is 24.5. The molecule has 0 radical (unpaired) electrons. The first-order valence-electron chi connectivity index (χ1n) is 13.9. The van der Waals surface area contributed by atoms with E-state index in [0.717, 1.165) is 24.1 Å². The van der Waals surface area contributed by atoms with Crippen molar-refractivity contribution in [1.82, 2.24) is 9.88 Å². The molecule has 4 aromatic rings. The van der Waals surface area contributed by atoms with E-state index in [9.17, 15) is 27.6 Å². The largest absolute Gasteiger partial charge is 0.481 e. The van der Waals surface area contributed by atoms with Gasteiger partial charge < -0.3 is 15.0 Å². The number of carbonyl (C=O) groups excluding carboxylic acids is 2. The molecule has 1 heterocycles. The van der Waals surface area contributed by atoms with Crippen LogP contribution in [0.2, 0.25) is 5.02 Å². The Hall–Kier alpha value is -4.11. The van der Waals surface area contributed by atoms with Crippen LogP contribution in [0.5, 0.6) is 0 Å². The molecule has 0 saturated carbocycles. The summed E-state index contributed by atoms with van der Waals surface area (Å²) in [6.45, 7) is 4.12. The number of rotatable bonds is 12. The van der Waals surface area contributed by atoms with E-state index < -0.39 is 29.5 Å². The molecule has 0 aliphatic heterocycles. The first-order valence-corrected chi connectivity index (χ1v) is 14.3. The summed E-state index contributed by atoms with van der Waals surface area (Å²) in [5.41, 5.74) is 1.40. The third-order valence-corrected chi connectivity index (χ3v) is 7.47. The van der Waals surface area contributed by atoms with Crippen LogP contribution < -0.4 is 5.32 Å². The Morgan fingerprint density at radius 2 is 1.67 bits per heavy atom. The molecule has 0 aliphatic carbocycles. The smallest absolute Gasteiger partial charge is 0.416 e. The van der Waals surface area contributed by atoms with Crippen LogP contribution in [0.4, 0.5) is 13.2 Å². The molecule has 0 aliphatic rings. The van der Waals surface area contributed by atoms with E-state index in [0.29, 0.717) is 40.2 Å². The first kappa shape index (κ1) is 31.8. The zero-order chi connectivity index (χ0) is 31.3. The molecular weight excluding hydrogens is 581 g/mol. The van der Waals surface area contributed by atoms with Crippen LogP contribution >= 0.6 is 11.6 Å². The second-order valence-corrected chi connectivity index (χ2v) is 11.4. The molecule has 0 spiro atoms. The van der Waals surface area contributed by atoms with Gasteiger partial charge in [0.2, 0.25) is 0 Å². The van der Waals surface area contributed by atoms with Gasteiger partial charge in [-0.05, 0) is 78.9 Å². The van der Waals surface area contributed by atoms with Crippen molar-refractivity contribution in [3.05, 3.63) is 100 Å². The quantitative estimate of drug-likeness (QED) is 0.159. The molecule has 0 bridgehead atoms. The summed E-state index contributed by atoms with van der Waals surface area (Å²) in [7, 11) is 0. The molecule has 0 unspecified atom stereocenters. The maximum absolute atomic E-state index is 14.3. The Balaban J connectivity index is 1.69. The van der Waals surface area contributed by atoms with Crippen molar-refractivity contribution in [2.75, 3.05) is 6.54 Å². The maximum atomic E-state index is 14.3. The molecule has 1 aromatic heterocycles. The number of halogens is 4. The number of fused-ring (bicyclic) bond motifs is 1. The van der Waals surface area contributed by atoms with Crippen molar-refractivity contribution in [3.8, 4) is 5.69 Å². The SMILES string of the molecule is CC(C)CC[C@@H](Cc1ccc(C(=O)NCCC(=O)O)cc1)C(=O)c1cc2cc(Cl)ccc2n1-c1cccc(C(F)(F)F)c1. The van der Waals surface area contributed by atoms with E-state index in [4.69, 9.17) is 16.7 Å². The van der Waals surface area contributed by atoms with Gasteiger partial charge in [-0.1, -0.05) is 50.1 Å². The normalized spacial score (nSPS) is 12.4. The summed E-state index contributed by atoms with van der Waals surface area (Å²) in [5.74, 6) is -1.78. The van der Waals surface area contributed by atoms with Gasteiger partial charge >= 0.3 is 12.1 Å². The van der Waals surface area contributed by atoms with Crippen LogP contribution in [0.1, 0.15) is 65.1 Å². The summed E-state index contributed by atoms with van der Waals surface area (Å²) in [4.78, 5) is 37.3. The Kier molecular flexibility index (Phi) is 9.96. The van der Waals surface area contributed by atoms with Crippen molar-refractivity contribution in [2.24, 2.45) is 11.8 Å². The van der Waals surface area contributed by atoms with E-state index in [-0.39, 0.29) is 30.1 Å². The lowest BCUT2D eigenvalue weighted by Gasteiger charge is -2.20. The van der Waals surface area contributed by atoms with Crippen LogP contribution in [-0.2, 0) is 17.4 Å². The second-order valence-electron chi connectivity index (χ2n) is 10.9. The number of alkyl halides is 3. The summed E-state index contributed by atoms with van der Waals surface area (Å²) in [6.07, 6.45) is -3.06. The fourth-order valence-electron chi connectivity index (χ4n) is 5.00. The fourth-order valence-corrected chi connectivity index (χ4v) is 5.18. The van der Waals surface area contributed by atoms with Crippen LogP contribution in [0.25, 0.3) is 16.6 Å². The molecule has 10 heteroatoms. The molecular formula is C33H32ClF3N2O4. The van der Waals surface area contributed by atoms with E-state index in [1.807, 2.05) is 0 Å². The van der Waals surface area contributed by atoms with Gasteiger partial charge in [0.25, 0.3) is 5.91 Å². The molecule has 0 saturated heterocycles. The van der Waals surface area contributed by atoms with Crippen LogP contribution in [-0.4, -0.2) is 33.9 Å². The Labute approximate surface area is 252 Å². The number of nitrogens with one attached hydrogen (secondary N) is 1. The molecule has 3 aromatic carbocycles. The van der Waals surface area contributed by atoms with E-state index >= 15 is 0 Å². The van der Waals surface area contributed by atoms with Crippen molar-refractivity contribution < 1.29 is 32.7 Å². The monoisotopic (exact) mass is 612 g/mol. The minimum Gasteiger partial charge on any atom is -0.481 e. The molecule has 0 fully saturated rings. The highest BCUT2D eigenvalue weighted by molar-refractivity contribution is 6.31. The van der Waals surface area contributed by atoms with Crippen molar-refractivity contribution in [1.29, 1.82) is 0 Å². The minimum absolute atomic E-state index is 0.00673. The third-order valence-electron chi connectivity index (χ3n) is 7.23. The van der Waals surface area contributed by atoms with E-state index in [1.165, 1.54) is 6.07 Å². The maximum Gasteiger partial charge on any atom is 0.416 e. The molecule has 226 valence electrons. The van der Waals surface area contributed by atoms with Gasteiger partial charge in [0.05, 0.1) is 23.2 Å². The number of carboxylic acids is 1. The van der Waals surface area contributed by atoms with Gasteiger partial charge in [-0.2, -0.15) is 13.2 Å². The lowest BCUT2D eigenvalue weighted by Crippen LogP contribution is -2.26. The minimum atomic E-state index is -4.55. The highest BCUT2D eigenvalue weighted by Gasteiger charge is 2.31. The van der Waals surface area contributed by atoms with Crippen molar-refractivity contribution in [3.63, 3.8) is 0 Å². The van der Waals surface area contributed by atoms with Gasteiger partial charge in [-0.3, -0.25) is 14.4 Å². The predicted octanol–water partition coefficient (Wildman–Crippen LogP) is 7.99. The summed E-state index contributed by atoms with van der Waals surface area (Å²) in [6, 6.07) is 18.3. The number of Topliss-reactive ketones (excluding diaryl/α,β-unsaturated/α-hetero) is 1. The number of carboxylic acid groups (broad SMARTS) is 1. The number of nitrogens with zero attached hydrogens (tertiary/aromatic N) is 1. The Morgan fingerprint density at radius 3 is 2.33 bits per heavy atom. The Bertz CT molecular complexity index is 1630. The van der Waals surface area contributed by atoms with Gasteiger partial charge in [-0.25, -0.2) is 0 Å². The van der Waals surface area contributed by atoms with Crippen LogP contribution in [0.3, 0.4) is 0 Å². The van der Waals surface area contributed by atoms with E-state index in [2.05, 4.69) is 19.2 Å². The van der Waals surface area contributed by atoms with Crippen LogP contribution in [0, 0.1) is 11.8 Å². The zero-order valence-electron chi connectivity index (χ0n) is 23.7. The molecule has 43 heavy (non-hydrogen) atoms. The highest BCUT2D eigenvalue weighted by Crippen LogP contribution is 2.34. The number of benzene rings is 3. The molecule has 1 atom stereocenters.